The molecular weight excluding hydrogens is 318 g/mol. The molecule has 1 amide bonds. The van der Waals surface area contributed by atoms with E-state index < -0.39 is 21.5 Å². The standard InChI is InChI=1S/C15H17N3O4S/c1-3-9-18(14(19)11-23(2,20)21)10-13-16-15(17-22-13)12-7-5-4-6-8-12/h3-8H,1,9-11H2,2H3. The summed E-state index contributed by atoms with van der Waals surface area (Å²) < 4.78 is 27.7. The molecule has 7 nitrogen and oxygen atoms in total. The molecule has 1 aromatic carbocycles. The number of carbonyl (C=O) groups is 1. The molecule has 2 rings (SSSR count). The van der Waals surface area contributed by atoms with Crippen LogP contribution >= 0.6 is 0 Å². The number of aromatic nitrogens is 2. The van der Waals surface area contributed by atoms with Crippen LogP contribution in [0.5, 0.6) is 0 Å². The molecule has 0 saturated heterocycles. The predicted octanol–water partition coefficient (Wildman–Crippen LogP) is 1.30. The van der Waals surface area contributed by atoms with Gasteiger partial charge in [-0.05, 0) is 0 Å². The third-order valence-corrected chi connectivity index (χ3v) is 3.69. The van der Waals surface area contributed by atoms with Crippen LogP contribution in [0.25, 0.3) is 11.4 Å². The summed E-state index contributed by atoms with van der Waals surface area (Å²) in [6.07, 6.45) is 2.52. The van der Waals surface area contributed by atoms with E-state index in [1.807, 2.05) is 30.3 Å². The zero-order valence-corrected chi connectivity index (χ0v) is 13.5. The maximum Gasteiger partial charge on any atom is 0.246 e. The van der Waals surface area contributed by atoms with Gasteiger partial charge in [0.15, 0.2) is 9.84 Å². The van der Waals surface area contributed by atoms with Crippen molar-refractivity contribution in [2.45, 2.75) is 6.54 Å². The minimum absolute atomic E-state index is 0.0280. The lowest BCUT2D eigenvalue weighted by atomic mass is 10.2. The van der Waals surface area contributed by atoms with E-state index in [0.29, 0.717) is 5.82 Å². The third-order valence-electron chi connectivity index (χ3n) is 2.91. The van der Waals surface area contributed by atoms with Gasteiger partial charge < -0.3 is 9.42 Å². The van der Waals surface area contributed by atoms with Gasteiger partial charge in [0, 0.05) is 18.4 Å². The molecule has 8 heteroatoms. The second kappa shape index (κ2) is 7.19. The number of sulfone groups is 1. The van der Waals surface area contributed by atoms with Gasteiger partial charge in [-0.25, -0.2) is 8.42 Å². The Morgan fingerprint density at radius 3 is 2.65 bits per heavy atom. The van der Waals surface area contributed by atoms with Crippen LogP contribution in [0.4, 0.5) is 0 Å². The number of hydrogen-bond acceptors (Lipinski definition) is 6. The largest absolute Gasteiger partial charge is 0.337 e. The number of carbonyl (C=O) groups excluding carboxylic acids is 1. The highest BCUT2D eigenvalue weighted by Gasteiger charge is 2.20. The third kappa shape index (κ3) is 5.03. The topological polar surface area (TPSA) is 93.4 Å². The average Bonchev–Trinajstić information content (AvgIpc) is 2.94. The van der Waals surface area contributed by atoms with Gasteiger partial charge in [-0.1, -0.05) is 41.6 Å². The SMILES string of the molecule is C=CCN(Cc1nc(-c2ccccc2)no1)C(=O)CS(C)(=O)=O. The zero-order valence-electron chi connectivity index (χ0n) is 12.7. The lowest BCUT2D eigenvalue weighted by Crippen LogP contribution is -2.35. The van der Waals surface area contributed by atoms with Crippen molar-refractivity contribution in [2.24, 2.45) is 0 Å². The molecule has 23 heavy (non-hydrogen) atoms. The fourth-order valence-electron chi connectivity index (χ4n) is 1.91. The Kier molecular flexibility index (Phi) is 5.28. The molecule has 0 radical (unpaired) electrons. The molecular formula is C15H17N3O4S. The van der Waals surface area contributed by atoms with Crippen LogP contribution in [-0.2, 0) is 21.2 Å². The number of benzene rings is 1. The van der Waals surface area contributed by atoms with Gasteiger partial charge in [-0.2, -0.15) is 4.98 Å². The van der Waals surface area contributed by atoms with Crippen molar-refractivity contribution in [1.29, 1.82) is 0 Å². The molecule has 2 aromatic rings. The van der Waals surface area contributed by atoms with Crippen molar-refractivity contribution < 1.29 is 17.7 Å². The maximum atomic E-state index is 12.0. The van der Waals surface area contributed by atoms with Crippen LogP contribution in [0.3, 0.4) is 0 Å². The fraction of sp³-hybridized carbons (Fsp3) is 0.267. The number of hydrogen-bond donors (Lipinski definition) is 0. The van der Waals surface area contributed by atoms with Crippen molar-refractivity contribution >= 4 is 15.7 Å². The van der Waals surface area contributed by atoms with Gasteiger partial charge in [0.05, 0.1) is 0 Å². The van der Waals surface area contributed by atoms with Crippen molar-refractivity contribution in [2.75, 3.05) is 18.6 Å². The van der Waals surface area contributed by atoms with Gasteiger partial charge in [0.1, 0.15) is 12.3 Å². The Morgan fingerprint density at radius 2 is 2.04 bits per heavy atom. The molecule has 0 fully saturated rings. The summed E-state index contributed by atoms with van der Waals surface area (Å²) >= 11 is 0. The Hall–Kier alpha value is -2.48. The summed E-state index contributed by atoms with van der Waals surface area (Å²) in [5.41, 5.74) is 0.792. The molecule has 0 atom stereocenters. The van der Waals surface area contributed by atoms with Crippen molar-refractivity contribution in [3.8, 4) is 11.4 Å². The molecule has 0 spiro atoms. The van der Waals surface area contributed by atoms with E-state index in [4.69, 9.17) is 4.52 Å². The van der Waals surface area contributed by atoms with E-state index in [-0.39, 0.29) is 19.0 Å². The molecule has 122 valence electrons. The highest BCUT2D eigenvalue weighted by molar-refractivity contribution is 7.91. The Balaban J connectivity index is 2.13. The second-order valence-corrected chi connectivity index (χ2v) is 7.15. The normalized spacial score (nSPS) is 11.2. The van der Waals surface area contributed by atoms with Crippen molar-refractivity contribution in [1.82, 2.24) is 15.0 Å². The van der Waals surface area contributed by atoms with Gasteiger partial charge in [0.25, 0.3) is 0 Å². The average molecular weight is 335 g/mol. The van der Waals surface area contributed by atoms with Crippen molar-refractivity contribution in [3.63, 3.8) is 0 Å². The second-order valence-electron chi connectivity index (χ2n) is 5.01. The van der Waals surface area contributed by atoms with Crippen LogP contribution in [0.15, 0.2) is 47.5 Å². The summed E-state index contributed by atoms with van der Waals surface area (Å²) in [4.78, 5) is 17.6. The molecule has 0 bridgehead atoms. The smallest absolute Gasteiger partial charge is 0.246 e. The highest BCUT2D eigenvalue weighted by atomic mass is 32.2. The van der Waals surface area contributed by atoms with Crippen LogP contribution in [-0.4, -0.2) is 47.9 Å². The Bertz CT molecular complexity index is 784. The fourth-order valence-corrected chi connectivity index (χ4v) is 2.54. The van der Waals surface area contributed by atoms with E-state index in [9.17, 15) is 13.2 Å². The molecule has 0 unspecified atom stereocenters. The highest BCUT2D eigenvalue weighted by Crippen LogP contribution is 2.15. The number of nitrogens with zero attached hydrogens (tertiary/aromatic N) is 3. The summed E-state index contributed by atoms with van der Waals surface area (Å²) in [5, 5.41) is 3.87. The van der Waals surface area contributed by atoms with E-state index in [2.05, 4.69) is 16.7 Å². The Morgan fingerprint density at radius 1 is 1.35 bits per heavy atom. The molecule has 0 N–H and O–H groups in total. The Labute approximate surface area is 134 Å². The van der Waals surface area contributed by atoms with Gasteiger partial charge in [-0.15, -0.1) is 6.58 Å². The van der Waals surface area contributed by atoms with Gasteiger partial charge in [0.2, 0.25) is 17.6 Å². The van der Waals surface area contributed by atoms with E-state index in [1.54, 1.807) is 0 Å². The van der Waals surface area contributed by atoms with Crippen LogP contribution in [0.1, 0.15) is 5.89 Å². The summed E-state index contributed by atoms with van der Waals surface area (Å²) in [5.74, 6) is -0.463. The molecule has 0 aliphatic carbocycles. The van der Waals surface area contributed by atoms with Crippen LogP contribution in [0, 0.1) is 0 Å². The summed E-state index contributed by atoms with van der Waals surface area (Å²) in [7, 11) is -3.41. The molecule has 0 aliphatic heterocycles. The zero-order chi connectivity index (χ0) is 16.9. The summed E-state index contributed by atoms with van der Waals surface area (Å²) in [6.45, 7) is 3.78. The van der Waals surface area contributed by atoms with Crippen LogP contribution < -0.4 is 0 Å². The first kappa shape index (κ1) is 16.9. The van der Waals surface area contributed by atoms with E-state index in [0.717, 1.165) is 11.8 Å². The minimum atomic E-state index is -3.41. The lowest BCUT2D eigenvalue weighted by molar-refractivity contribution is -0.128. The van der Waals surface area contributed by atoms with Gasteiger partial charge in [-0.3, -0.25) is 4.79 Å². The molecule has 1 aromatic heterocycles. The van der Waals surface area contributed by atoms with E-state index >= 15 is 0 Å². The first-order valence-corrected chi connectivity index (χ1v) is 8.89. The maximum absolute atomic E-state index is 12.0. The van der Waals surface area contributed by atoms with Crippen molar-refractivity contribution in [3.05, 3.63) is 48.9 Å². The van der Waals surface area contributed by atoms with Gasteiger partial charge >= 0.3 is 0 Å². The lowest BCUT2D eigenvalue weighted by Gasteiger charge is -2.18. The molecule has 0 saturated carbocycles. The molecule has 1 heterocycles. The quantitative estimate of drug-likeness (QED) is 0.708. The first-order chi connectivity index (χ1) is 10.9. The first-order valence-electron chi connectivity index (χ1n) is 6.83. The van der Waals surface area contributed by atoms with Crippen LogP contribution in [0.2, 0.25) is 0 Å². The van der Waals surface area contributed by atoms with E-state index in [1.165, 1.54) is 11.0 Å². The summed E-state index contributed by atoms with van der Waals surface area (Å²) in [6, 6.07) is 9.26. The number of rotatable bonds is 7. The minimum Gasteiger partial charge on any atom is -0.337 e. The predicted molar refractivity (Wildman–Crippen MR) is 85.1 cm³/mol. The molecule has 0 aliphatic rings. The monoisotopic (exact) mass is 335 g/mol. The number of amides is 1.